The number of imidazole rings is 1. The summed E-state index contributed by atoms with van der Waals surface area (Å²) in [5.74, 6) is 2.10. The SMILES string of the molecule is COc1cc2nc(C(C)N)[nH]c2cc1OC. The third-order valence-electron chi connectivity index (χ3n) is 2.44. The third kappa shape index (κ3) is 1.69. The number of ether oxygens (including phenoxy) is 2. The molecule has 0 spiro atoms. The first-order valence-electron chi connectivity index (χ1n) is 5.03. The minimum atomic E-state index is -0.121. The zero-order chi connectivity index (χ0) is 11.7. The summed E-state index contributed by atoms with van der Waals surface area (Å²) in [6.45, 7) is 1.88. The van der Waals surface area contributed by atoms with Gasteiger partial charge in [0, 0.05) is 12.1 Å². The monoisotopic (exact) mass is 221 g/mol. The van der Waals surface area contributed by atoms with Gasteiger partial charge >= 0.3 is 0 Å². The van der Waals surface area contributed by atoms with Gasteiger partial charge < -0.3 is 20.2 Å². The fraction of sp³-hybridized carbons (Fsp3) is 0.364. The average Bonchev–Trinajstić information content (AvgIpc) is 2.69. The molecule has 0 bridgehead atoms. The van der Waals surface area contributed by atoms with Crippen LogP contribution in [0.2, 0.25) is 0 Å². The van der Waals surface area contributed by atoms with Crippen molar-refractivity contribution in [3.8, 4) is 11.5 Å². The van der Waals surface area contributed by atoms with E-state index in [2.05, 4.69) is 9.97 Å². The van der Waals surface area contributed by atoms with Gasteiger partial charge in [0.05, 0.1) is 31.3 Å². The van der Waals surface area contributed by atoms with Crippen LogP contribution in [-0.2, 0) is 0 Å². The van der Waals surface area contributed by atoms with E-state index in [1.165, 1.54) is 0 Å². The highest BCUT2D eigenvalue weighted by atomic mass is 16.5. The summed E-state index contributed by atoms with van der Waals surface area (Å²) in [6.07, 6.45) is 0. The molecular weight excluding hydrogens is 206 g/mol. The second-order valence-corrected chi connectivity index (χ2v) is 3.64. The van der Waals surface area contributed by atoms with Crippen molar-refractivity contribution in [2.45, 2.75) is 13.0 Å². The molecule has 0 saturated heterocycles. The summed E-state index contributed by atoms with van der Waals surface area (Å²) in [5.41, 5.74) is 7.48. The van der Waals surface area contributed by atoms with E-state index in [0.717, 1.165) is 16.9 Å². The Morgan fingerprint density at radius 3 is 2.44 bits per heavy atom. The van der Waals surface area contributed by atoms with Gasteiger partial charge in [0.2, 0.25) is 0 Å². The lowest BCUT2D eigenvalue weighted by Gasteiger charge is -2.06. The van der Waals surface area contributed by atoms with Crippen LogP contribution in [-0.4, -0.2) is 24.2 Å². The molecule has 1 atom stereocenters. The van der Waals surface area contributed by atoms with E-state index in [1.54, 1.807) is 14.2 Å². The summed E-state index contributed by atoms with van der Waals surface area (Å²) >= 11 is 0. The van der Waals surface area contributed by atoms with Crippen molar-refractivity contribution >= 4 is 11.0 Å². The number of nitrogens with zero attached hydrogens (tertiary/aromatic N) is 1. The van der Waals surface area contributed by atoms with Crippen LogP contribution >= 0.6 is 0 Å². The standard InChI is InChI=1S/C11H15N3O2/c1-6(12)11-13-7-4-9(15-2)10(16-3)5-8(7)14-11/h4-6H,12H2,1-3H3,(H,13,14). The molecule has 3 N–H and O–H groups in total. The smallest absolute Gasteiger partial charge is 0.163 e. The van der Waals surface area contributed by atoms with Crippen LogP contribution in [0.1, 0.15) is 18.8 Å². The van der Waals surface area contributed by atoms with Gasteiger partial charge in [-0.1, -0.05) is 0 Å². The summed E-state index contributed by atoms with van der Waals surface area (Å²) in [6, 6.07) is 3.56. The minimum absolute atomic E-state index is 0.121. The Hall–Kier alpha value is -1.75. The number of nitrogens with one attached hydrogen (secondary N) is 1. The van der Waals surface area contributed by atoms with Crippen LogP contribution < -0.4 is 15.2 Å². The van der Waals surface area contributed by atoms with Crippen molar-refractivity contribution in [2.75, 3.05) is 14.2 Å². The van der Waals surface area contributed by atoms with Crippen LogP contribution in [0.15, 0.2) is 12.1 Å². The van der Waals surface area contributed by atoms with E-state index in [9.17, 15) is 0 Å². The molecule has 2 rings (SSSR count). The van der Waals surface area contributed by atoms with E-state index < -0.39 is 0 Å². The number of benzene rings is 1. The maximum Gasteiger partial charge on any atom is 0.163 e. The number of fused-ring (bicyclic) bond motifs is 1. The molecule has 0 radical (unpaired) electrons. The summed E-state index contributed by atoms with van der Waals surface area (Å²) in [5, 5.41) is 0. The number of nitrogens with two attached hydrogens (primary N) is 1. The highest BCUT2D eigenvalue weighted by Crippen LogP contribution is 2.31. The van der Waals surface area contributed by atoms with Crippen molar-refractivity contribution in [1.29, 1.82) is 0 Å². The fourth-order valence-corrected chi connectivity index (χ4v) is 1.57. The first-order chi connectivity index (χ1) is 7.65. The maximum atomic E-state index is 5.76. The van der Waals surface area contributed by atoms with Crippen molar-refractivity contribution in [2.24, 2.45) is 5.73 Å². The van der Waals surface area contributed by atoms with Crippen LogP contribution in [0, 0.1) is 0 Å². The fourth-order valence-electron chi connectivity index (χ4n) is 1.57. The molecule has 5 nitrogen and oxygen atoms in total. The number of hydrogen-bond donors (Lipinski definition) is 2. The summed E-state index contributed by atoms with van der Waals surface area (Å²) < 4.78 is 10.4. The second kappa shape index (κ2) is 4.02. The number of rotatable bonds is 3. The molecule has 0 aliphatic heterocycles. The Bertz CT molecular complexity index is 464. The van der Waals surface area contributed by atoms with Gasteiger partial charge in [0.1, 0.15) is 5.82 Å². The molecule has 5 heteroatoms. The molecule has 0 saturated carbocycles. The van der Waals surface area contributed by atoms with E-state index >= 15 is 0 Å². The average molecular weight is 221 g/mol. The van der Waals surface area contributed by atoms with Crippen LogP contribution in [0.3, 0.4) is 0 Å². The van der Waals surface area contributed by atoms with Crippen molar-refractivity contribution in [3.05, 3.63) is 18.0 Å². The highest BCUT2D eigenvalue weighted by Gasteiger charge is 2.11. The molecule has 1 aromatic carbocycles. The van der Waals surface area contributed by atoms with Gasteiger partial charge in [0.25, 0.3) is 0 Å². The maximum absolute atomic E-state index is 5.76. The number of aromatic amines is 1. The zero-order valence-electron chi connectivity index (χ0n) is 9.57. The van der Waals surface area contributed by atoms with Gasteiger partial charge in [-0.15, -0.1) is 0 Å². The summed E-state index contributed by atoms with van der Waals surface area (Å²) in [4.78, 5) is 7.53. The normalized spacial score (nSPS) is 12.8. The third-order valence-corrected chi connectivity index (χ3v) is 2.44. The lowest BCUT2D eigenvalue weighted by Crippen LogP contribution is -2.06. The Balaban J connectivity index is 2.60. The van der Waals surface area contributed by atoms with E-state index in [0.29, 0.717) is 11.5 Å². The number of aromatic nitrogens is 2. The molecule has 1 heterocycles. The van der Waals surface area contributed by atoms with Crippen molar-refractivity contribution < 1.29 is 9.47 Å². The predicted octanol–water partition coefficient (Wildman–Crippen LogP) is 1.60. The molecule has 1 unspecified atom stereocenters. The van der Waals surface area contributed by atoms with Crippen molar-refractivity contribution in [3.63, 3.8) is 0 Å². The Morgan fingerprint density at radius 2 is 1.88 bits per heavy atom. The van der Waals surface area contributed by atoms with Crippen molar-refractivity contribution in [1.82, 2.24) is 9.97 Å². The van der Waals surface area contributed by atoms with Crippen LogP contribution in [0.25, 0.3) is 11.0 Å². The van der Waals surface area contributed by atoms with Gasteiger partial charge in [0.15, 0.2) is 11.5 Å². The molecule has 16 heavy (non-hydrogen) atoms. The Kier molecular flexibility index (Phi) is 2.70. The largest absolute Gasteiger partial charge is 0.493 e. The number of hydrogen-bond acceptors (Lipinski definition) is 4. The van der Waals surface area contributed by atoms with E-state index in [4.69, 9.17) is 15.2 Å². The lowest BCUT2D eigenvalue weighted by atomic mass is 10.3. The van der Waals surface area contributed by atoms with Gasteiger partial charge in [-0.2, -0.15) is 0 Å². The van der Waals surface area contributed by atoms with E-state index in [1.807, 2.05) is 19.1 Å². The van der Waals surface area contributed by atoms with Crippen LogP contribution in [0.5, 0.6) is 11.5 Å². The van der Waals surface area contributed by atoms with Gasteiger partial charge in [-0.05, 0) is 6.92 Å². The minimum Gasteiger partial charge on any atom is -0.493 e. The molecule has 2 aromatic rings. The topological polar surface area (TPSA) is 73.2 Å². The number of H-pyrrole nitrogens is 1. The molecule has 0 aliphatic carbocycles. The molecule has 0 fully saturated rings. The second-order valence-electron chi connectivity index (χ2n) is 3.64. The first kappa shape index (κ1) is 10.8. The Morgan fingerprint density at radius 1 is 1.25 bits per heavy atom. The quantitative estimate of drug-likeness (QED) is 0.825. The van der Waals surface area contributed by atoms with Gasteiger partial charge in [-0.3, -0.25) is 0 Å². The van der Waals surface area contributed by atoms with Crippen LogP contribution in [0.4, 0.5) is 0 Å². The molecule has 1 aromatic heterocycles. The van der Waals surface area contributed by atoms with E-state index in [-0.39, 0.29) is 6.04 Å². The first-order valence-corrected chi connectivity index (χ1v) is 5.03. The lowest BCUT2D eigenvalue weighted by molar-refractivity contribution is 0.356. The molecular formula is C11H15N3O2. The molecule has 0 aliphatic rings. The highest BCUT2D eigenvalue weighted by molar-refractivity contribution is 5.79. The zero-order valence-corrected chi connectivity index (χ0v) is 9.57. The number of methoxy groups -OCH3 is 2. The summed E-state index contributed by atoms with van der Waals surface area (Å²) in [7, 11) is 3.20. The molecule has 86 valence electrons. The Labute approximate surface area is 93.6 Å². The van der Waals surface area contributed by atoms with Gasteiger partial charge in [-0.25, -0.2) is 4.98 Å². The predicted molar refractivity (Wildman–Crippen MR) is 61.8 cm³/mol. The molecule has 0 amide bonds.